The third-order valence-corrected chi connectivity index (χ3v) is 3.84. The fourth-order valence-electron chi connectivity index (χ4n) is 2.08. The van der Waals surface area contributed by atoms with Gasteiger partial charge in [0.15, 0.2) is 5.96 Å². The summed E-state index contributed by atoms with van der Waals surface area (Å²) in [4.78, 5) is 32.2. The summed E-state index contributed by atoms with van der Waals surface area (Å²) in [6, 6.07) is 11.0. The van der Waals surface area contributed by atoms with Gasteiger partial charge in [-0.1, -0.05) is 22.8 Å². The predicted molar refractivity (Wildman–Crippen MR) is 109 cm³/mol. The van der Waals surface area contributed by atoms with Crippen molar-refractivity contribution in [2.45, 2.75) is 6.92 Å². The summed E-state index contributed by atoms with van der Waals surface area (Å²) in [5.41, 5.74) is 12.4. The van der Waals surface area contributed by atoms with Gasteiger partial charge in [0.2, 0.25) is 6.61 Å². The van der Waals surface area contributed by atoms with Crippen molar-refractivity contribution in [2.75, 3.05) is 13.7 Å². The Morgan fingerprint density at radius 3 is 2.34 bits per heavy atom. The standard InChI is InChI=1S/C19H19ClN4O5/c1-11(24-28-10-17(25)27-2)13-5-8-15(20)16(9-13)29-18(26)12-3-6-14(7-4-12)23-19(21)22/h3-9H,10H2,1-2H3,(H4,21,22,23). The molecule has 10 heteroatoms. The SMILES string of the molecule is COC(=O)CON=C(C)c1ccc(Cl)c(OC(=O)c2ccc(N=C(N)N)cc2)c1. The van der Waals surface area contributed by atoms with Crippen LogP contribution >= 0.6 is 11.6 Å². The van der Waals surface area contributed by atoms with E-state index in [0.29, 0.717) is 17.0 Å². The first-order valence-electron chi connectivity index (χ1n) is 8.25. The lowest BCUT2D eigenvalue weighted by molar-refractivity contribution is -0.145. The van der Waals surface area contributed by atoms with Gasteiger partial charge in [0.05, 0.1) is 29.1 Å². The van der Waals surface area contributed by atoms with E-state index in [-0.39, 0.29) is 28.9 Å². The van der Waals surface area contributed by atoms with Gasteiger partial charge in [-0.2, -0.15) is 0 Å². The molecule has 0 saturated heterocycles. The van der Waals surface area contributed by atoms with E-state index < -0.39 is 11.9 Å². The van der Waals surface area contributed by atoms with Crippen LogP contribution in [0.2, 0.25) is 5.02 Å². The summed E-state index contributed by atoms with van der Waals surface area (Å²) in [7, 11) is 1.25. The first kappa shape index (κ1) is 21.7. The number of carbonyl (C=O) groups is 2. The number of ether oxygens (including phenoxy) is 2. The van der Waals surface area contributed by atoms with Crippen LogP contribution in [-0.4, -0.2) is 37.3 Å². The highest BCUT2D eigenvalue weighted by Gasteiger charge is 2.13. The van der Waals surface area contributed by atoms with Crippen molar-refractivity contribution >= 4 is 40.9 Å². The zero-order chi connectivity index (χ0) is 21.4. The molecule has 2 rings (SSSR count). The molecule has 0 aliphatic heterocycles. The van der Waals surface area contributed by atoms with Crippen molar-refractivity contribution in [3.63, 3.8) is 0 Å². The molecule has 9 nitrogen and oxygen atoms in total. The molecule has 4 N–H and O–H groups in total. The van der Waals surface area contributed by atoms with Gasteiger partial charge in [-0.25, -0.2) is 14.6 Å². The summed E-state index contributed by atoms with van der Waals surface area (Å²) in [5.74, 6) is -1.11. The molecular weight excluding hydrogens is 400 g/mol. The van der Waals surface area contributed by atoms with Crippen LogP contribution in [0.25, 0.3) is 0 Å². The number of oxime groups is 1. The van der Waals surface area contributed by atoms with Crippen LogP contribution < -0.4 is 16.2 Å². The first-order valence-corrected chi connectivity index (χ1v) is 8.63. The number of halogens is 1. The fourth-order valence-corrected chi connectivity index (χ4v) is 2.24. The van der Waals surface area contributed by atoms with Crippen molar-refractivity contribution in [1.82, 2.24) is 0 Å². The Labute approximate surface area is 171 Å². The molecular formula is C19H19ClN4O5. The van der Waals surface area contributed by atoms with E-state index >= 15 is 0 Å². The Balaban J connectivity index is 2.13. The minimum absolute atomic E-state index is 0.0866. The van der Waals surface area contributed by atoms with Crippen LogP contribution in [0.1, 0.15) is 22.8 Å². The number of methoxy groups -OCH3 is 1. The third kappa shape index (κ3) is 6.51. The molecule has 152 valence electrons. The quantitative estimate of drug-likeness (QED) is 0.231. The van der Waals surface area contributed by atoms with Gasteiger partial charge in [0.25, 0.3) is 0 Å². The summed E-state index contributed by atoms with van der Waals surface area (Å²) < 4.78 is 9.83. The van der Waals surface area contributed by atoms with Gasteiger partial charge in [-0.05, 0) is 43.3 Å². The van der Waals surface area contributed by atoms with E-state index in [1.54, 1.807) is 31.2 Å². The zero-order valence-electron chi connectivity index (χ0n) is 15.7. The lowest BCUT2D eigenvalue weighted by atomic mass is 10.1. The number of benzene rings is 2. The van der Waals surface area contributed by atoms with Crippen molar-refractivity contribution in [2.24, 2.45) is 21.6 Å². The summed E-state index contributed by atoms with van der Waals surface area (Å²) in [6.45, 7) is 1.34. The van der Waals surface area contributed by atoms with Crippen LogP contribution in [0.5, 0.6) is 5.75 Å². The molecule has 0 spiro atoms. The van der Waals surface area contributed by atoms with Gasteiger partial charge < -0.3 is 25.8 Å². The van der Waals surface area contributed by atoms with Gasteiger partial charge >= 0.3 is 11.9 Å². The van der Waals surface area contributed by atoms with Crippen molar-refractivity contribution in [3.8, 4) is 5.75 Å². The van der Waals surface area contributed by atoms with Crippen LogP contribution in [-0.2, 0) is 14.4 Å². The molecule has 29 heavy (non-hydrogen) atoms. The van der Waals surface area contributed by atoms with Crippen molar-refractivity contribution < 1.29 is 23.9 Å². The summed E-state index contributed by atoms with van der Waals surface area (Å²) >= 11 is 6.12. The molecule has 0 aliphatic carbocycles. The molecule has 0 amide bonds. The van der Waals surface area contributed by atoms with Gasteiger partial charge in [-0.15, -0.1) is 0 Å². The van der Waals surface area contributed by atoms with E-state index in [2.05, 4.69) is 14.9 Å². The van der Waals surface area contributed by atoms with Crippen molar-refractivity contribution in [1.29, 1.82) is 0 Å². The second-order valence-corrected chi connectivity index (χ2v) is 6.05. The number of nitrogens with zero attached hydrogens (tertiary/aromatic N) is 2. The van der Waals surface area contributed by atoms with E-state index in [9.17, 15) is 9.59 Å². The maximum absolute atomic E-state index is 12.4. The van der Waals surface area contributed by atoms with E-state index in [0.717, 1.165) is 0 Å². The smallest absolute Gasteiger partial charge is 0.346 e. The normalized spacial score (nSPS) is 10.8. The van der Waals surface area contributed by atoms with Crippen LogP contribution in [0, 0.1) is 0 Å². The molecule has 0 atom stereocenters. The molecule has 0 bridgehead atoms. The lowest BCUT2D eigenvalue weighted by Gasteiger charge is -2.09. The zero-order valence-corrected chi connectivity index (χ0v) is 16.5. The van der Waals surface area contributed by atoms with Gasteiger partial charge in [0, 0.05) is 5.56 Å². The molecule has 2 aromatic rings. The molecule has 0 fully saturated rings. The molecule has 0 radical (unpaired) electrons. The Kier molecular flexibility index (Phi) is 7.55. The topological polar surface area (TPSA) is 139 Å². The number of hydrogen-bond donors (Lipinski definition) is 2. The van der Waals surface area contributed by atoms with Crippen LogP contribution in [0.4, 0.5) is 5.69 Å². The number of rotatable bonds is 7. The average molecular weight is 419 g/mol. The first-order chi connectivity index (χ1) is 13.8. The summed E-state index contributed by atoms with van der Waals surface area (Å²) in [5, 5.41) is 4.06. The molecule has 0 heterocycles. The molecule has 0 saturated carbocycles. The number of hydrogen-bond acceptors (Lipinski definition) is 7. The predicted octanol–water partition coefficient (Wildman–Crippen LogP) is 2.38. The minimum atomic E-state index is -0.614. The highest BCUT2D eigenvalue weighted by molar-refractivity contribution is 6.32. The Hall–Kier alpha value is -3.59. The van der Waals surface area contributed by atoms with Gasteiger partial charge in [0.1, 0.15) is 5.75 Å². The van der Waals surface area contributed by atoms with E-state index in [1.165, 1.54) is 25.3 Å². The summed E-state index contributed by atoms with van der Waals surface area (Å²) in [6.07, 6.45) is 0. The highest BCUT2D eigenvalue weighted by atomic mass is 35.5. The number of nitrogens with two attached hydrogens (primary N) is 2. The Morgan fingerprint density at radius 2 is 1.72 bits per heavy atom. The molecule has 0 unspecified atom stereocenters. The van der Waals surface area contributed by atoms with Crippen LogP contribution in [0.3, 0.4) is 0 Å². The Bertz CT molecular complexity index is 954. The number of carbonyl (C=O) groups excluding carboxylic acids is 2. The third-order valence-electron chi connectivity index (χ3n) is 3.52. The number of esters is 2. The fraction of sp³-hybridized carbons (Fsp3) is 0.158. The second kappa shape index (κ2) is 10.1. The van der Waals surface area contributed by atoms with E-state index in [1.807, 2.05) is 0 Å². The molecule has 0 aliphatic rings. The monoisotopic (exact) mass is 418 g/mol. The number of guanidine groups is 1. The largest absolute Gasteiger partial charge is 0.466 e. The highest BCUT2D eigenvalue weighted by Crippen LogP contribution is 2.27. The molecule has 0 aromatic heterocycles. The maximum atomic E-state index is 12.4. The van der Waals surface area contributed by atoms with Crippen LogP contribution in [0.15, 0.2) is 52.6 Å². The molecule has 2 aromatic carbocycles. The Morgan fingerprint density at radius 1 is 1.07 bits per heavy atom. The number of aliphatic imine (C=N–C) groups is 1. The second-order valence-electron chi connectivity index (χ2n) is 5.64. The minimum Gasteiger partial charge on any atom is -0.466 e. The lowest BCUT2D eigenvalue weighted by Crippen LogP contribution is -2.21. The van der Waals surface area contributed by atoms with E-state index in [4.69, 9.17) is 32.6 Å². The maximum Gasteiger partial charge on any atom is 0.346 e. The van der Waals surface area contributed by atoms with Crippen molar-refractivity contribution in [3.05, 3.63) is 58.6 Å². The van der Waals surface area contributed by atoms with Gasteiger partial charge in [-0.3, -0.25) is 0 Å². The average Bonchev–Trinajstić information content (AvgIpc) is 2.69.